The normalized spacial score (nSPS) is 12.4. The van der Waals surface area contributed by atoms with Crippen molar-refractivity contribution in [3.8, 4) is 0 Å². The van der Waals surface area contributed by atoms with E-state index in [0.717, 1.165) is 25.7 Å². The quantitative estimate of drug-likeness (QED) is 0.204. The second-order valence-corrected chi connectivity index (χ2v) is 9.94. The van der Waals surface area contributed by atoms with Gasteiger partial charge in [-0.15, -0.1) is 0 Å². The molecule has 0 aliphatic heterocycles. The summed E-state index contributed by atoms with van der Waals surface area (Å²) in [6.07, 6.45) is 2.64. The summed E-state index contributed by atoms with van der Waals surface area (Å²) in [6, 6.07) is 9.98. The Morgan fingerprint density at radius 2 is 1.44 bits per heavy atom. The molecule has 1 rings (SSSR count). The van der Waals surface area contributed by atoms with E-state index in [1.165, 1.54) is 5.56 Å². The van der Waals surface area contributed by atoms with Crippen LogP contribution in [0.4, 0.5) is 0 Å². The molecule has 1 N–H and O–H groups in total. The van der Waals surface area contributed by atoms with Gasteiger partial charge in [0.05, 0.1) is 0 Å². The van der Waals surface area contributed by atoms with Gasteiger partial charge in [-0.1, -0.05) is 36.8 Å². The summed E-state index contributed by atoms with van der Waals surface area (Å²) < 4.78 is 22.0. The van der Waals surface area contributed by atoms with Gasteiger partial charge in [0.25, 0.3) is 0 Å². The van der Waals surface area contributed by atoms with Crippen LogP contribution in [-0.4, -0.2) is 35.2 Å². The van der Waals surface area contributed by atoms with Crippen molar-refractivity contribution >= 4 is 15.2 Å². The van der Waals surface area contributed by atoms with Gasteiger partial charge in [-0.2, -0.15) is 0 Å². The predicted octanol–water partition coefficient (Wildman–Crippen LogP) is -6.80. The first-order chi connectivity index (χ1) is 11.5. The van der Waals surface area contributed by atoms with Crippen molar-refractivity contribution in [3.63, 3.8) is 0 Å². The molecule has 0 fully saturated rings. The monoisotopic (exact) mass is 437 g/mol. The van der Waals surface area contributed by atoms with Crippen molar-refractivity contribution in [1.29, 1.82) is 0 Å². The SMILES string of the molecule is CN(CCCCCc1ccccc1)CCC(O)(P(=O)([O-])[O-])P(=O)([O-])[O-].[Na+].[Na+]. The minimum Gasteiger partial charge on any atom is -0.808 e. The Morgan fingerprint density at radius 1 is 0.926 bits per heavy atom. The molecular formula is C15H23NNa2O7P2-2. The Balaban J connectivity index is 0. The van der Waals surface area contributed by atoms with Crippen LogP contribution < -0.4 is 78.7 Å². The zero-order valence-corrected chi connectivity index (χ0v) is 21.9. The summed E-state index contributed by atoms with van der Waals surface area (Å²) in [5, 5.41) is 5.79. The summed E-state index contributed by atoms with van der Waals surface area (Å²) >= 11 is 0. The van der Waals surface area contributed by atoms with Crippen molar-refractivity contribution in [1.82, 2.24) is 4.90 Å². The standard InChI is InChI=1S/C15H27NO7P2.2Na/c1-16(12-7-3-6-10-14-8-4-2-5-9-14)13-11-15(17,24(18,19)20)25(21,22)23;;/h2,4-5,8-9,17H,3,6-7,10-13H2,1H3,(H2,18,19,20)(H2,21,22,23);;/q;2*+1/p-4. The molecule has 0 aromatic heterocycles. The average molecular weight is 437 g/mol. The fourth-order valence-electron chi connectivity index (χ4n) is 2.41. The summed E-state index contributed by atoms with van der Waals surface area (Å²) in [6.45, 7) is 0.326. The molecule has 1 aromatic rings. The van der Waals surface area contributed by atoms with E-state index >= 15 is 0 Å². The van der Waals surface area contributed by atoms with E-state index in [9.17, 15) is 33.8 Å². The number of rotatable bonds is 11. The summed E-state index contributed by atoms with van der Waals surface area (Å²) in [4.78, 5) is 45.5. The molecule has 0 radical (unpaired) electrons. The Labute approximate surface area is 204 Å². The van der Waals surface area contributed by atoms with E-state index in [1.54, 1.807) is 11.9 Å². The molecule has 0 heterocycles. The molecule has 0 saturated carbocycles. The van der Waals surface area contributed by atoms with E-state index in [4.69, 9.17) is 0 Å². The summed E-state index contributed by atoms with van der Waals surface area (Å²) in [5.41, 5.74) is 1.24. The smallest absolute Gasteiger partial charge is 0.808 e. The molecule has 144 valence electrons. The van der Waals surface area contributed by atoms with E-state index in [0.29, 0.717) is 6.54 Å². The average Bonchev–Trinajstić information content (AvgIpc) is 2.51. The van der Waals surface area contributed by atoms with Gasteiger partial charge in [0.15, 0.2) is 0 Å². The van der Waals surface area contributed by atoms with Gasteiger partial charge < -0.3 is 38.7 Å². The fourth-order valence-corrected chi connectivity index (χ4v) is 4.36. The first kappa shape index (κ1) is 30.6. The molecule has 0 aliphatic carbocycles. The largest absolute Gasteiger partial charge is 1.00 e. The Bertz CT molecular complexity index is 602. The van der Waals surface area contributed by atoms with E-state index in [2.05, 4.69) is 0 Å². The van der Waals surface area contributed by atoms with Gasteiger partial charge in [-0.05, 0) is 60.0 Å². The zero-order chi connectivity index (χ0) is 19.1. The van der Waals surface area contributed by atoms with Crippen LogP contribution in [0.25, 0.3) is 0 Å². The van der Waals surface area contributed by atoms with E-state index in [-0.39, 0.29) is 65.7 Å². The van der Waals surface area contributed by atoms with Crippen LogP contribution in [0.15, 0.2) is 30.3 Å². The Kier molecular flexibility index (Phi) is 15.5. The number of benzene rings is 1. The van der Waals surface area contributed by atoms with E-state index in [1.807, 2.05) is 30.3 Å². The molecule has 0 unspecified atom stereocenters. The molecule has 0 atom stereocenters. The van der Waals surface area contributed by atoms with Gasteiger partial charge in [0.1, 0.15) is 5.08 Å². The minimum absolute atomic E-state index is 0. The molecule has 1 aromatic carbocycles. The van der Waals surface area contributed by atoms with Crippen molar-refractivity contribution in [2.75, 3.05) is 20.1 Å². The van der Waals surface area contributed by atoms with Crippen LogP contribution in [0.2, 0.25) is 0 Å². The maximum Gasteiger partial charge on any atom is 1.00 e. The summed E-state index contributed by atoms with van der Waals surface area (Å²) in [7, 11) is -10.4. The molecule has 0 saturated heterocycles. The van der Waals surface area contributed by atoms with Gasteiger partial charge in [-0.3, -0.25) is 0 Å². The maximum absolute atomic E-state index is 11.0. The number of aliphatic hydroxyl groups is 1. The second kappa shape index (κ2) is 13.7. The third-order valence-electron chi connectivity index (χ3n) is 4.05. The van der Waals surface area contributed by atoms with Crippen LogP contribution in [-0.2, 0) is 15.6 Å². The van der Waals surface area contributed by atoms with Gasteiger partial charge >= 0.3 is 59.1 Å². The van der Waals surface area contributed by atoms with Gasteiger partial charge in [0, 0.05) is 6.54 Å². The third kappa shape index (κ3) is 10.3. The number of unbranched alkanes of at least 4 members (excludes halogenated alkanes) is 2. The van der Waals surface area contributed by atoms with Crippen LogP contribution in [0, 0.1) is 0 Å². The third-order valence-corrected chi connectivity index (χ3v) is 7.73. The first-order valence-corrected chi connectivity index (χ1v) is 11.0. The fraction of sp³-hybridized carbons (Fsp3) is 0.600. The Morgan fingerprint density at radius 3 is 1.93 bits per heavy atom. The first-order valence-electron chi connectivity index (χ1n) is 7.96. The predicted molar refractivity (Wildman–Crippen MR) is 86.3 cm³/mol. The molecule has 0 aliphatic rings. The molecule has 8 nitrogen and oxygen atoms in total. The van der Waals surface area contributed by atoms with Crippen molar-refractivity contribution in [3.05, 3.63) is 35.9 Å². The number of hydrogen-bond donors (Lipinski definition) is 1. The second-order valence-electron chi connectivity index (χ2n) is 6.12. The van der Waals surface area contributed by atoms with Gasteiger partial charge in [0.2, 0.25) is 0 Å². The maximum atomic E-state index is 11.0. The van der Waals surface area contributed by atoms with E-state index < -0.39 is 26.7 Å². The minimum atomic E-state index is -6.00. The zero-order valence-electron chi connectivity index (χ0n) is 16.1. The molecule has 12 heteroatoms. The Hall–Kier alpha value is 1.44. The van der Waals surface area contributed by atoms with Gasteiger partial charge in [-0.25, -0.2) is 0 Å². The topological polar surface area (TPSA) is 150 Å². The number of nitrogens with zero attached hydrogens (tertiary/aromatic N) is 1. The molecule has 0 spiro atoms. The molecule has 0 amide bonds. The molecular weight excluding hydrogens is 414 g/mol. The van der Waals surface area contributed by atoms with Crippen LogP contribution in [0.5, 0.6) is 0 Å². The van der Waals surface area contributed by atoms with Crippen LogP contribution in [0.3, 0.4) is 0 Å². The van der Waals surface area contributed by atoms with Crippen molar-refractivity contribution < 1.29 is 92.9 Å². The van der Waals surface area contributed by atoms with Crippen LogP contribution in [0.1, 0.15) is 31.2 Å². The molecule has 0 bridgehead atoms. The molecule has 27 heavy (non-hydrogen) atoms. The van der Waals surface area contributed by atoms with Crippen molar-refractivity contribution in [2.45, 2.75) is 37.2 Å². The summed E-state index contributed by atoms with van der Waals surface area (Å²) in [5.74, 6) is 0. The number of hydrogen-bond acceptors (Lipinski definition) is 8. The van der Waals surface area contributed by atoms with Crippen molar-refractivity contribution in [2.24, 2.45) is 0 Å². The van der Waals surface area contributed by atoms with Crippen LogP contribution >= 0.6 is 15.2 Å². The number of aryl methyl sites for hydroxylation is 1.